The summed E-state index contributed by atoms with van der Waals surface area (Å²) >= 11 is 12.2. The summed E-state index contributed by atoms with van der Waals surface area (Å²) < 4.78 is 0. The van der Waals surface area contributed by atoms with Crippen LogP contribution in [0.1, 0.15) is 6.92 Å². The van der Waals surface area contributed by atoms with Gasteiger partial charge in [-0.3, -0.25) is 4.79 Å². The third kappa shape index (κ3) is 3.99. The summed E-state index contributed by atoms with van der Waals surface area (Å²) in [5.41, 5.74) is 1.80. The van der Waals surface area contributed by atoms with E-state index < -0.39 is 0 Å². The van der Waals surface area contributed by atoms with Gasteiger partial charge in [-0.05, 0) is 24.4 Å². The molecule has 0 fully saturated rings. The highest BCUT2D eigenvalue weighted by atomic mass is 35.5. The van der Waals surface area contributed by atoms with Crippen LogP contribution >= 0.6 is 35.2 Å². The molecule has 2 aromatic rings. The smallest absolute Gasteiger partial charge is 0.222 e. The summed E-state index contributed by atoms with van der Waals surface area (Å²) in [7, 11) is 0. The average Bonchev–Trinajstić information content (AvgIpc) is 2.77. The predicted octanol–water partition coefficient (Wildman–Crippen LogP) is 3.30. The number of thiocarbonyl (C=S) groups is 1. The van der Waals surface area contributed by atoms with Crippen molar-refractivity contribution in [3.05, 3.63) is 34.7 Å². The van der Waals surface area contributed by atoms with E-state index in [1.165, 1.54) is 18.3 Å². The first-order chi connectivity index (χ1) is 9.04. The van der Waals surface area contributed by atoms with Gasteiger partial charge in [0.1, 0.15) is 0 Å². The average molecular weight is 312 g/mol. The number of hydrogen-bond acceptors (Lipinski definition) is 4. The molecule has 0 saturated heterocycles. The van der Waals surface area contributed by atoms with E-state index in [2.05, 4.69) is 15.6 Å². The number of carbonyl (C=O) groups is 1. The molecule has 1 aromatic heterocycles. The van der Waals surface area contributed by atoms with Crippen molar-refractivity contribution in [3.8, 4) is 11.3 Å². The molecule has 19 heavy (non-hydrogen) atoms. The second-order valence-corrected chi connectivity index (χ2v) is 5.38. The Balaban J connectivity index is 2.09. The van der Waals surface area contributed by atoms with Crippen molar-refractivity contribution in [1.82, 2.24) is 10.3 Å². The van der Waals surface area contributed by atoms with E-state index in [-0.39, 0.29) is 11.0 Å². The summed E-state index contributed by atoms with van der Waals surface area (Å²) in [6, 6.07) is 7.41. The summed E-state index contributed by atoms with van der Waals surface area (Å²) in [4.78, 5) is 15.2. The molecule has 7 heteroatoms. The van der Waals surface area contributed by atoms with Gasteiger partial charge in [-0.25, -0.2) is 4.98 Å². The van der Waals surface area contributed by atoms with Crippen LogP contribution in [0, 0.1) is 0 Å². The van der Waals surface area contributed by atoms with E-state index in [1.807, 2.05) is 29.6 Å². The molecular weight excluding hydrogens is 302 g/mol. The lowest BCUT2D eigenvalue weighted by Crippen LogP contribution is -2.32. The normalized spacial score (nSPS) is 10.0. The Morgan fingerprint density at radius 3 is 2.68 bits per heavy atom. The highest BCUT2D eigenvalue weighted by molar-refractivity contribution is 7.80. The third-order valence-corrected chi connectivity index (χ3v) is 3.37. The summed E-state index contributed by atoms with van der Waals surface area (Å²) in [5, 5.41) is 8.79. The van der Waals surface area contributed by atoms with Gasteiger partial charge in [-0.1, -0.05) is 23.7 Å². The molecule has 0 saturated carbocycles. The molecule has 0 aliphatic heterocycles. The predicted molar refractivity (Wildman–Crippen MR) is 82.6 cm³/mol. The number of thiazole rings is 1. The first-order valence-electron chi connectivity index (χ1n) is 5.34. The van der Waals surface area contributed by atoms with Crippen LogP contribution in [0.5, 0.6) is 0 Å². The van der Waals surface area contributed by atoms with Gasteiger partial charge in [0.05, 0.1) is 5.69 Å². The first-order valence-corrected chi connectivity index (χ1v) is 7.01. The van der Waals surface area contributed by atoms with E-state index in [1.54, 1.807) is 0 Å². The van der Waals surface area contributed by atoms with E-state index in [0.717, 1.165) is 11.3 Å². The zero-order valence-electron chi connectivity index (χ0n) is 9.94. The molecule has 1 amide bonds. The lowest BCUT2D eigenvalue weighted by Gasteiger charge is -2.03. The minimum Gasteiger partial charge on any atom is -0.308 e. The maximum atomic E-state index is 10.8. The van der Waals surface area contributed by atoms with Gasteiger partial charge < -0.3 is 10.6 Å². The maximum Gasteiger partial charge on any atom is 0.222 e. The van der Waals surface area contributed by atoms with Crippen molar-refractivity contribution in [2.45, 2.75) is 6.92 Å². The lowest BCUT2D eigenvalue weighted by atomic mass is 10.2. The Labute approximate surface area is 124 Å². The Bertz CT molecular complexity index is 610. The molecule has 0 bridgehead atoms. The summed E-state index contributed by atoms with van der Waals surface area (Å²) in [6.07, 6.45) is 0. The zero-order valence-corrected chi connectivity index (χ0v) is 12.3. The number of aromatic nitrogens is 1. The van der Waals surface area contributed by atoms with E-state index in [4.69, 9.17) is 23.8 Å². The number of nitrogens with one attached hydrogen (secondary N) is 2. The molecule has 4 nitrogen and oxygen atoms in total. The van der Waals surface area contributed by atoms with Crippen LogP contribution in [0.2, 0.25) is 5.02 Å². The minimum absolute atomic E-state index is 0.216. The van der Waals surface area contributed by atoms with Crippen LogP contribution in [0.25, 0.3) is 11.3 Å². The van der Waals surface area contributed by atoms with Crippen LogP contribution in [0.15, 0.2) is 29.6 Å². The van der Waals surface area contributed by atoms with Gasteiger partial charge in [0.2, 0.25) is 5.91 Å². The van der Waals surface area contributed by atoms with Crippen LogP contribution in [0.4, 0.5) is 5.13 Å². The Kier molecular flexibility index (Phi) is 4.47. The van der Waals surface area contributed by atoms with Gasteiger partial charge in [-0.15, -0.1) is 11.3 Å². The molecule has 0 atom stereocenters. The summed E-state index contributed by atoms with van der Waals surface area (Å²) in [6.45, 7) is 1.40. The fourth-order valence-corrected chi connectivity index (χ4v) is 2.53. The van der Waals surface area contributed by atoms with Gasteiger partial charge in [0.25, 0.3) is 0 Å². The standard InChI is InChI=1S/C12H10ClN3OS2/c1-7(17)14-11(18)16-12-15-10(6-19-12)8-2-4-9(13)5-3-8/h2-6H,1H3,(H2,14,15,16,17,18). The molecule has 98 valence electrons. The van der Waals surface area contributed by atoms with Gasteiger partial charge in [-0.2, -0.15) is 0 Å². The molecule has 2 N–H and O–H groups in total. The largest absolute Gasteiger partial charge is 0.308 e. The molecule has 0 spiro atoms. The van der Waals surface area contributed by atoms with Crippen molar-refractivity contribution >= 4 is 51.3 Å². The van der Waals surface area contributed by atoms with Crippen LogP contribution in [-0.2, 0) is 4.79 Å². The van der Waals surface area contributed by atoms with Crippen LogP contribution in [-0.4, -0.2) is 16.0 Å². The quantitative estimate of drug-likeness (QED) is 0.836. The lowest BCUT2D eigenvalue weighted by molar-refractivity contribution is -0.117. The zero-order chi connectivity index (χ0) is 13.8. The Hall–Kier alpha value is -1.50. The molecule has 0 aliphatic rings. The molecular formula is C12H10ClN3OS2. The number of hydrogen-bond donors (Lipinski definition) is 2. The number of anilines is 1. The number of halogens is 1. The highest BCUT2D eigenvalue weighted by Crippen LogP contribution is 2.25. The molecule has 2 rings (SSSR count). The number of carbonyl (C=O) groups excluding carboxylic acids is 1. The molecule has 1 heterocycles. The number of amides is 1. The molecule has 1 aromatic carbocycles. The van der Waals surface area contributed by atoms with E-state index in [0.29, 0.717) is 10.2 Å². The van der Waals surface area contributed by atoms with Crippen molar-refractivity contribution in [3.63, 3.8) is 0 Å². The topological polar surface area (TPSA) is 54.0 Å². The monoisotopic (exact) mass is 311 g/mol. The number of benzene rings is 1. The highest BCUT2D eigenvalue weighted by Gasteiger charge is 2.06. The molecule has 0 aliphatic carbocycles. The van der Waals surface area contributed by atoms with Crippen molar-refractivity contribution in [2.75, 3.05) is 5.32 Å². The van der Waals surface area contributed by atoms with E-state index in [9.17, 15) is 4.79 Å². The maximum absolute atomic E-state index is 10.8. The number of rotatable bonds is 2. The van der Waals surface area contributed by atoms with Crippen molar-refractivity contribution in [1.29, 1.82) is 0 Å². The minimum atomic E-state index is -0.216. The fraction of sp³-hybridized carbons (Fsp3) is 0.0833. The SMILES string of the molecule is CC(=O)NC(=S)Nc1nc(-c2ccc(Cl)cc2)cs1. The van der Waals surface area contributed by atoms with Gasteiger partial charge >= 0.3 is 0 Å². The second kappa shape index (κ2) is 6.10. The molecule has 0 unspecified atom stereocenters. The van der Waals surface area contributed by atoms with Crippen LogP contribution in [0.3, 0.4) is 0 Å². The molecule has 0 radical (unpaired) electrons. The fourth-order valence-electron chi connectivity index (χ4n) is 1.37. The van der Waals surface area contributed by atoms with Crippen LogP contribution < -0.4 is 10.6 Å². The van der Waals surface area contributed by atoms with Gasteiger partial charge in [0, 0.05) is 22.9 Å². The van der Waals surface area contributed by atoms with Crippen molar-refractivity contribution in [2.24, 2.45) is 0 Å². The third-order valence-electron chi connectivity index (χ3n) is 2.15. The van der Waals surface area contributed by atoms with E-state index >= 15 is 0 Å². The second-order valence-electron chi connectivity index (χ2n) is 3.68. The summed E-state index contributed by atoms with van der Waals surface area (Å²) in [5.74, 6) is -0.216. The van der Waals surface area contributed by atoms with Crippen molar-refractivity contribution < 1.29 is 4.79 Å². The Morgan fingerprint density at radius 1 is 1.37 bits per heavy atom. The number of nitrogens with zero attached hydrogens (tertiary/aromatic N) is 1. The van der Waals surface area contributed by atoms with Gasteiger partial charge in [0.15, 0.2) is 10.2 Å². The first kappa shape index (κ1) is 13.9. The Morgan fingerprint density at radius 2 is 2.05 bits per heavy atom.